The van der Waals surface area contributed by atoms with Gasteiger partial charge in [-0.05, 0) is 51.5 Å². The molecule has 0 saturated carbocycles. The molecule has 0 aliphatic carbocycles. The van der Waals surface area contributed by atoms with Gasteiger partial charge in [-0.15, -0.1) is 0 Å². The number of rotatable bonds is 6. The minimum Gasteiger partial charge on any atom is -0.489 e. The van der Waals surface area contributed by atoms with Crippen LogP contribution in [0.1, 0.15) is 35.3 Å². The van der Waals surface area contributed by atoms with E-state index in [1.54, 1.807) is 6.07 Å². The number of ether oxygens (including phenoxy) is 1. The van der Waals surface area contributed by atoms with Crippen LogP contribution in [0.4, 0.5) is 17.3 Å². The summed E-state index contributed by atoms with van der Waals surface area (Å²) in [6.07, 6.45) is 3.01. The van der Waals surface area contributed by atoms with E-state index in [1.165, 1.54) is 18.0 Å². The summed E-state index contributed by atoms with van der Waals surface area (Å²) in [4.78, 5) is 21.1. The second kappa shape index (κ2) is 8.52. The van der Waals surface area contributed by atoms with Crippen molar-refractivity contribution in [3.8, 4) is 5.75 Å². The van der Waals surface area contributed by atoms with Crippen molar-refractivity contribution in [1.82, 2.24) is 9.97 Å². The lowest BCUT2D eigenvalue weighted by Gasteiger charge is -2.14. The van der Waals surface area contributed by atoms with Crippen molar-refractivity contribution in [2.45, 2.75) is 33.8 Å². The van der Waals surface area contributed by atoms with E-state index >= 15 is 0 Å². The molecule has 28 heavy (non-hydrogen) atoms. The van der Waals surface area contributed by atoms with Gasteiger partial charge in [0, 0.05) is 18.1 Å². The quantitative estimate of drug-likeness (QED) is 0.641. The molecule has 2 aromatic carbocycles. The van der Waals surface area contributed by atoms with Crippen molar-refractivity contribution < 1.29 is 9.53 Å². The van der Waals surface area contributed by atoms with Gasteiger partial charge < -0.3 is 15.4 Å². The normalized spacial score (nSPS) is 10.6. The van der Waals surface area contributed by atoms with Crippen LogP contribution < -0.4 is 15.4 Å². The Bertz CT molecular complexity index is 969. The van der Waals surface area contributed by atoms with E-state index in [0.717, 1.165) is 11.3 Å². The topological polar surface area (TPSA) is 76.1 Å². The molecule has 1 aromatic heterocycles. The lowest BCUT2D eigenvalue weighted by molar-refractivity contribution is 0.102. The average molecular weight is 376 g/mol. The van der Waals surface area contributed by atoms with E-state index in [9.17, 15) is 4.79 Å². The molecule has 6 heteroatoms. The molecule has 0 aliphatic rings. The van der Waals surface area contributed by atoms with Gasteiger partial charge in [-0.3, -0.25) is 4.79 Å². The van der Waals surface area contributed by atoms with E-state index < -0.39 is 0 Å². The number of para-hydroxylation sites is 2. The summed E-state index contributed by atoms with van der Waals surface area (Å²) in [6.45, 7) is 7.95. The van der Waals surface area contributed by atoms with Crippen LogP contribution in [0.3, 0.4) is 0 Å². The van der Waals surface area contributed by atoms with Crippen molar-refractivity contribution >= 4 is 23.2 Å². The molecule has 0 atom stereocenters. The third-order valence-electron chi connectivity index (χ3n) is 4.04. The Morgan fingerprint density at radius 2 is 1.71 bits per heavy atom. The number of nitrogens with one attached hydrogen (secondary N) is 2. The first-order valence-electron chi connectivity index (χ1n) is 9.15. The van der Waals surface area contributed by atoms with Gasteiger partial charge in [-0.25, -0.2) is 9.97 Å². The maximum Gasteiger partial charge on any atom is 0.258 e. The lowest BCUT2D eigenvalue weighted by atomic mass is 10.1. The number of hydrogen-bond acceptors (Lipinski definition) is 5. The summed E-state index contributed by atoms with van der Waals surface area (Å²) in [7, 11) is 0. The molecule has 0 spiro atoms. The fourth-order valence-electron chi connectivity index (χ4n) is 2.71. The Morgan fingerprint density at radius 1 is 1.00 bits per heavy atom. The Balaban J connectivity index is 1.70. The van der Waals surface area contributed by atoms with E-state index in [-0.39, 0.29) is 12.0 Å². The third-order valence-corrected chi connectivity index (χ3v) is 4.04. The molecular formula is C22H24N4O2. The minimum absolute atomic E-state index is 0.0111. The maximum atomic E-state index is 12.5. The van der Waals surface area contributed by atoms with Crippen molar-refractivity contribution in [1.29, 1.82) is 0 Å². The van der Waals surface area contributed by atoms with Crippen molar-refractivity contribution in [3.63, 3.8) is 0 Å². The second-order valence-electron chi connectivity index (χ2n) is 6.86. The van der Waals surface area contributed by atoms with Crippen LogP contribution in [0.2, 0.25) is 0 Å². The molecule has 0 saturated heterocycles. The van der Waals surface area contributed by atoms with Gasteiger partial charge in [0.15, 0.2) is 0 Å². The standard InChI is InChI=1S/C22H24N4O2/c1-14(2)28-20-8-6-5-7-19(20)25-21(27)17-12-23-22(24-13-17)26-18-10-9-15(3)11-16(18)4/h5-14H,1-4H3,(H,25,27)(H,23,24,26). The second-order valence-corrected chi connectivity index (χ2v) is 6.86. The molecule has 144 valence electrons. The summed E-state index contributed by atoms with van der Waals surface area (Å²) in [5, 5.41) is 6.02. The maximum absolute atomic E-state index is 12.5. The van der Waals surface area contributed by atoms with Crippen LogP contribution in [0, 0.1) is 13.8 Å². The molecule has 3 aromatic rings. The molecule has 1 amide bonds. The zero-order chi connectivity index (χ0) is 20.1. The highest BCUT2D eigenvalue weighted by atomic mass is 16.5. The van der Waals surface area contributed by atoms with Crippen LogP contribution in [0.5, 0.6) is 5.75 Å². The van der Waals surface area contributed by atoms with Gasteiger partial charge in [-0.2, -0.15) is 0 Å². The first kappa shape index (κ1) is 19.4. The highest BCUT2D eigenvalue weighted by Crippen LogP contribution is 2.25. The molecule has 0 fully saturated rings. The third kappa shape index (κ3) is 4.85. The molecule has 0 unspecified atom stereocenters. The fraction of sp³-hybridized carbons (Fsp3) is 0.227. The number of amides is 1. The van der Waals surface area contributed by atoms with Gasteiger partial charge in [0.1, 0.15) is 5.75 Å². The van der Waals surface area contributed by atoms with Crippen LogP contribution in [-0.4, -0.2) is 22.0 Å². The first-order chi connectivity index (χ1) is 13.4. The smallest absolute Gasteiger partial charge is 0.258 e. The summed E-state index contributed by atoms with van der Waals surface area (Å²) >= 11 is 0. The highest BCUT2D eigenvalue weighted by molar-refractivity contribution is 6.04. The Morgan fingerprint density at radius 3 is 2.39 bits per heavy atom. The summed E-state index contributed by atoms with van der Waals surface area (Å²) in [6, 6.07) is 13.4. The zero-order valence-corrected chi connectivity index (χ0v) is 16.5. The van der Waals surface area contributed by atoms with Crippen molar-refractivity contribution in [2.75, 3.05) is 10.6 Å². The number of aryl methyl sites for hydroxylation is 2. The number of anilines is 3. The molecule has 0 aliphatic heterocycles. The molecule has 0 radical (unpaired) electrons. The van der Waals surface area contributed by atoms with Crippen molar-refractivity contribution in [3.05, 3.63) is 71.5 Å². The number of aromatic nitrogens is 2. The van der Waals surface area contributed by atoms with Gasteiger partial charge >= 0.3 is 0 Å². The average Bonchev–Trinajstić information content (AvgIpc) is 2.66. The largest absolute Gasteiger partial charge is 0.489 e. The summed E-state index contributed by atoms with van der Waals surface area (Å²) in [5.74, 6) is 0.768. The summed E-state index contributed by atoms with van der Waals surface area (Å²) < 4.78 is 5.73. The SMILES string of the molecule is Cc1ccc(Nc2ncc(C(=O)Nc3ccccc3OC(C)C)cn2)c(C)c1. The Labute approximate surface area is 165 Å². The van der Waals surface area contributed by atoms with Gasteiger partial charge in [0.05, 0.1) is 17.4 Å². The Hall–Kier alpha value is -3.41. The lowest BCUT2D eigenvalue weighted by Crippen LogP contribution is -2.15. The minimum atomic E-state index is -0.294. The fourth-order valence-corrected chi connectivity index (χ4v) is 2.71. The van der Waals surface area contributed by atoms with Gasteiger partial charge in [-0.1, -0.05) is 29.8 Å². The van der Waals surface area contributed by atoms with Crippen LogP contribution in [-0.2, 0) is 0 Å². The first-order valence-corrected chi connectivity index (χ1v) is 9.15. The molecule has 3 rings (SSSR count). The number of carbonyl (C=O) groups excluding carboxylic acids is 1. The Kier molecular flexibility index (Phi) is 5.89. The number of carbonyl (C=O) groups is 1. The van der Waals surface area contributed by atoms with E-state index in [2.05, 4.69) is 26.7 Å². The molecular weight excluding hydrogens is 352 g/mol. The van der Waals surface area contributed by atoms with E-state index in [1.807, 2.05) is 58.0 Å². The van der Waals surface area contributed by atoms with Gasteiger partial charge in [0.2, 0.25) is 5.95 Å². The summed E-state index contributed by atoms with van der Waals surface area (Å²) in [5.41, 5.74) is 4.21. The number of benzene rings is 2. The molecule has 0 bridgehead atoms. The highest BCUT2D eigenvalue weighted by Gasteiger charge is 2.12. The van der Waals surface area contributed by atoms with Gasteiger partial charge in [0.25, 0.3) is 5.91 Å². The van der Waals surface area contributed by atoms with Crippen molar-refractivity contribution in [2.24, 2.45) is 0 Å². The predicted octanol–water partition coefficient (Wildman–Crippen LogP) is 4.88. The van der Waals surface area contributed by atoms with Crippen LogP contribution in [0.15, 0.2) is 54.9 Å². The monoisotopic (exact) mass is 376 g/mol. The molecule has 1 heterocycles. The molecule has 2 N–H and O–H groups in total. The van der Waals surface area contributed by atoms with Crippen LogP contribution >= 0.6 is 0 Å². The number of nitrogens with zero attached hydrogens (tertiary/aromatic N) is 2. The zero-order valence-electron chi connectivity index (χ0n) is 16.5. The van der Waals surface area contributed by atoms with Crippen LogP contribution in [0.25, 0.3) is 0 Å². The predicted molar refractivity (Wildman–Crippen MR) is 111 cm³/mol. The van der Waals surface area contributed by atoms with E-state index in [0.29, 0.717) is 22.9 Å². The molecule has 6 nitrogen and oxygen atoms in total. The van der Waals surface area contributed by atoms with E-state index in [4.69, 9.17) is 4.74 Å². The number of hydrogen-bond donors (Lipinski definition) is 2.